The average Bonchev–Trinajstić information content (AvgIpc) is 2.30. The van der Waals surface area contributed by atoms with E-state index in [4.69, 9.17) is 5.73 Å². The number of hydrogen-bond donors (Lipinski definition) is 1. The molecule has 2 N–H and O–H groups in total. The van der Waals surface area contributed by atoms with Crippen molar-refractivity contribution in [2.45, 2.75) is 26.7 Å². The number of unbranched alkanes of at least 4 members (excludes halogenated alkanes) is 1. The Morgan fingerprint density at radius 1 is 1.25 bits per heavy atom. The molecule has 0 saturated heterocycles. The van der Waals surface area contributed by atoms with Crippen LogP contribution in [0.5, 0.6) is 0 Å². The van der Waals surface area contributed by atoms with Crippen molar-refractivity contribution in [2.24, 2.45) is 0 Å². The number of benzene rings is 1. The molecule has 0 unspecified atom stereocenters. The first-order valence-corrected chi connectivity index (χ1v) is 5.83. The molecule has 1 aromatic rings. The fraction of sp³-hybridized carbons (Fsp3) is 0.462. The fourth-order valence-electron chi connectivity index (χ4n) is 1.56. The van der Waals surface area contributed by atoms with Crippen molar-refractivity contribution >= 4 is 11.6 Å². The standard InChI is InChI=1S/C13H20N2O/c1-3-5-10-15(4-2)13(16)11-6-8-12(14)9-7-11/h6-9H,3-5,10,14H2,1-2H3. The van der Waals surface area contributed by atoms with Crippen LogP contribution in [0, 0.1) is 0 Å². The zero-order valence-corrected chi connectivity index (χ0v) is 10.1. The Bertz CT molecular complexity index is 332. The number of nitrogen functional groups attached to an aromatic ring is 1. The second-order valence-electron chi connectivity index (χ2n) is 3.86. The summed E-state index contributed by atoms with van der Waals surface area (Å²) < 4.78 is 0. The zero-order chi connectivity index (χ0) is 12.0. The van der Waals surface area contributed by atoms with Crippen LogP contribution < -0.4 is 5.73 Å². The van der Waals surface area contributed by atoms with E-state index in [1.54, 1.807) is 24.3 Å². The predicted molar refractivity (Wildman–Crippen MR) is 67.3 cm³/mol. The maximum absolute atomic E-state index is 12.1. The van der Waals surface area contributed by atoms with Crippen molar-refractivity contribution in [3.63, 3.8) is 0 Å². The Balaban J connectivity index is 2.70. The second-order valence-corrected chi connectivity index (χ2v) is 3.86. The summed E-state index contributed by atoms with van der Waals surface area (Å²) in [5.74, 6) is 0.0935. The van der Waals surface area contributed by atoms with E-state index in [2.05, 4.69) is 6.92 Å². The number of carbonyl (C=O) groups excluding carboxylic acids is 1. The second kappa shape index (κ2) is 6.16. The predicted octanol–water partition coefficient (Wildman–Crippen LogP) is 2.53. The third-order valence-corrected chi connectivity index (χ3v) is 2.61. The van der Waals surface area contributed by atoms with Gasteiger partial charge >= 0.3 is 0 Å². The van der Waals surface area contributed by atoms with E-state index in [1.165, 1.54) is 0 Å². The number of amides is 1. The van der Waals surface area contributed by atoms with Gasteiger partial charge in [0.2, 0.25) is 0 Å². The molecule has 3 nitrogen and oxygen atoms in total. The van der Waals surface area contributed by atoms with E-state index >= 15 is 0 Å². The fourth-order valence-corrected chi connectivity index (χ4v) is 1.56. The van der Waals surface area contributed by atoms with Gasteiger partial charge in [-0.05, 0) is 37.6 Å². The van der Waals surface area contributed by atoms with Gasteiger partial charge in [0.15, 0.2) is 0 Å². The van der Waals surface area contributed by atoms with Crippen LogP contribution in [0.4, 0.5) is 5.69 Å². The minimum absolute atomic E-state index is 0.0935. The molecule has 1 aromatic carbocycles. The molecule has 1 rings (SSSR count). The van der Waals surface area contributed by atoms with Gasteiger partial charge in [-0.2, -0.15) is 0 Å². The maximum atomic E-state index is 12.1. The highest BCUT2D eigenvalue weighted by atomic mass is 16.2. The quantitative estimate of drug-likeness (QED) is 0.775. The van der Waals surface area contributed by atoms with Gasteiger partial charge in [-0.15, -0.1) is 0 Å². The number of rotatable bonds is 5. The summed E-state index contributed by atoms with van der Waals surface area (Å²) in [6.45, 7) is 5.71. The summed E-state index contributed by atoms with van der Waals surface area (Å²) in [5, 5.41) is 0. The van der Waals surface area contributed by atoms with Gasteiger partial charge in [-0.3, -0.25) is 4.79 Å². The molecule has 3 heteroatoms. The molecule has 0 aliphatic carbocycles. The van der Waals surface area contributed by atoms with Crippen LogP contribution in [0.2, 0.25) is 0 Å². The van der Waals surface area contributed by atoms with Gasteiger partial charge in [-0.1, -0.05) is 13.3 Å². The van der Waals surface area contributed by atoms with E-state index in [-0.39, 0.29) is 5.91 Å². The molecule has 0 radical (unpaired) electrons. The van der Waals surface area contributed by atoms with Crippen LogP contribution in [-0.2, 0) is 0 Å². The minimum Gasteiger partial charge on any atom is -0.399 e. The van der Waals surface area contributed by atoms with Crippen LogP contribution in [0.15, 0.2) is 24.3 Å². The van der Waals surface area contributed by atoms with E-state index in [9.17, 15) is 4.79 Å². The van der Waals surface area contributed by atoms with Gasteiger partial charge in [0.25, 0.3) is 5.91 Å². The smallest absolute Gasteiger partial charge is 0.253 e. The lowest BCUT2D eigenvalue weighted by molar-refractivity contribution is 0.0762. The van der Waals surface area contributed by atoms with Crippen molar-refractivity contribution in [2.75, 3.05) is 18.8 Å². The Labute approximate surface area is 97.2 Å². The summed E-state index contributed by atoms with van der Waals surface area (Å²) in [7, 11) is 0. The monoisotopic (exact) mass is 220 g/mol. The third kappa shape index (κ3) is 3.26. The van der Waals surface area contributed by atoms with Crippen molar-refractivity contribution < 1.29 is 4.79 Å². The third-order valence-electron chi connectivity index (χ3n) is 2.61. The minimum atomic E-state index is 0.0935. The average molecular weight is 220 g/mol. The van der Waals surface area contributed by atoms with E-state index in [0.29, 0.717) is 11.3 Å². The zero-order valence-electron chi connectivity index (χ0n) is 10.1. The molecule has 88 valence electrons. The van der Waals surface area contributed by atoms with E-state index < -0.39 is 0 Å². The lowest BCUT2D eigenvalue weighted by atomic mass is 10.1. The summed E-state index contributed by atoms with van der Waals surface area (Å²) >= 11 is 0. The molecule has 0 saturated carbocycles. The Hall–Kier alpha value is -1.51. The molecular formula is C13H20N2O. The van der Waals surface area contributed by atoms with Crippen molar-refractivity contribution in [1.82, 2.24) is 4.90 Å². The SMILES string of the molecule is CCCCN(CC)C(=O)c1ccc(N)cc1. The summed E-state index contributed by atoms with van der Waals surface area (Å²) in [6.07, 6.45) is 2.15. The molecular weight excluding hydrogens is 200 g/mol. The molecule has 0 heterocycles. The van der Waals surface area contributed by atoms with Crippen LogP contribution in [0.25, 0.3) is 0 Å². The van der Waals surface area contributed by atoms with Gasteiger partial charge in [0, 0.05) is 24.3 Å². The normalized spacial score (nSPS) is 10.1. The molecule has 1 amide bonds. The molecule has 0 spiro atoms. The molecule has 0 atom stereocenters. The lowest BCUT2D eigenvalue weighted by Gasteiger charge is -2.20. The van der Waals surface area contributed by atoms with E-state index in [0.717, 1.165) is 25.9 Å². The van der Waals surface area contributed by atoms with Gasteiger partial charge in [0.05, 0.1) is 0 Å². The van der Waals surface area contributed by atoms with Crippen LogP contribution in [0.3, 0.4) is 0 Å². The van der Waals surface area contributed by atoms with Gasteiger partial charge in [-0.25, -0.2) is 0 Å². The first-order chi connectivity index (χ1) is 7.69. The van der Waals surface area contributed by atoms with Crippen molar-refractivity contribution in [1.29, 1.82) is 0 Å². The molecule has 0 bridgehead atoms. The highest BCUT2D eigenvalue weighted by Crippen LogP contribution is 2.09. The first-order valence-electron chi connectivity index (χ1n) is 5.83. The van der Waals surface area contributed by atoms with Crippen LogP contribution in [0.1, 0.15) is 37.0 Å². The molecule has 0 aliphatic rings. The van der Waals surface area contributed by atoms with Gasteiger partial charge in [0.1, 0.15) is 0 Å². The molecule has 0 aliphatic heterocycles. The molecule has 16 heavy (non-hydrogen) atoms. The Kier molecular flexibility index (Phi) is 4.83. The lowest BCUT2D eigenvalue weighted by Crippen LogP contribution is -2.31. The van der Waals surface area contributed by atoms with Crippen molar-refractivity contribution in [3.8, 4) is 0 Å². The van der Waals surface area contributed by atoms with Crippen LogP contribution in [-0.4, -0.2) is 23.9 Å². The summed E-state index contributed by atoms with van der Waals surface area (Å²) in [5.41, 5.74) is 6.99. The number of anilines is 1. The van der Waals surface area contributed by atoms with Crippen molar-refractivity contribution in [3.05, 3.63) is 29.8 Å². The summed E-state index contributed by atoms with van der Waals surface area (Å²) in [6, 6.07) is 7.10. The number of hydrogen-bond acceptors (Lipinski definition) is 2. The molecule has 0 aromatic heterocycles. The highest BCUT2D eigenvalue weighted by Gasteiger charge is 2.12. The van der Waals surface area contributed by atoms with E-state index in [1.807, 2.05) is 11.8 Å². The number of nitrogens with two attached hydrogens (primary N) is 1. The Morgan fingerprint density at radius 3 is 2.38 bits per heavy atom. The summed E-state index contributed by atoms with van der Waals surface area (Å²) in [4.78, 5) is 13.9. The topological polar surface area (TPSA) is 46.3 Å². The number of nitrogens with zero attached hydrogens (tertiary/aromatic N) is 1. The maximum Gasteiger partial charge on any atom is 0.253 e. The highest BCUT2D eigenvalue weighted by molar-refractivity contribution is 5.94. The van der Waals surface area contributed by atoms with Crippen LogP contribution >= 0.6 is 0 Å². The van der Waals surface area contributed by atoms with Gasteiger partial charge < -0.3 is 10.6 Å². The molecule has 0 fully saturated rings. The Morgan fingerprint density at radius 2 is 1.88 bits per heavy atom. The largest absolute Gasteiger partial charge is 0.399 e. The number of carbonyl (C=O) groups is 1. The first kappa shape index (κ1) is 12.6.